The van der Waals surface area contributed by atoms with Crippen LogP contribution in [0.5, 0.6) is 0 Å². The van der Waals surface area contributed by atoms with E-state index in [9.17, 15) is 14.7 Å². The standard InChI is InChI=1S/C15H28O4/c1-6-19-14(18)15(13(16)17,9-7-11(2)3)10-8-12(4)5/h11-12H,6-10H2,1-5H3,(H,16,17). The molecule has 0 amide bonds. The molecule has 0 fully saturated rings. The van der Waals surface area contributed by atoms with Crippen LogP contribution in [0.15, 0.2) is 0 Å². The summed E-state index contributed by atoms with van der Waals surface area (Å²) in [7, 11) is 0. The van der Waals surface area contributed by atoms with E-state index in [2.05, 4.69) is 0 Å². The average Bonchev–Trinajstić information content (AvgIpc) is 2.28. The van der Waals surface area contributed by atoms with Crippen LogP contribution in [0.2, 0.25) is 0 Å². The summed E-state index contributed by atoms with van der Waals surface area (Å²) < 4.78 is 5.01. The van der Waals surface area contributed by atoms with Gasteiger partial charge in [-0.15, -0.1) is 0 Å². The van der Waals surface area contributed by atoms with E-state index < -0.39 is 17.4 Å². The average molecular weight is 272 g/mol. The second-order valence-corrected chi connectivity index (χ2v) is 5.97. The van der Waals surface area contributed by atoms with Gasteiger partial charge < -0.3 is 9.84 Å². The first kappa shape index (κ1) is 17.9. The van der Waals surface area contributed by atoms with Crippen molar-refractivity contribution < 1.29 is 19.4 Å². The van der Waals surface area contributed by atoms with E-state index >= 15 is 0 Å². The molecule has 0 aromatic carbocycles. The SMILES string of the molecule is CCOC(=O)C(CCC(C)C)(CCC(C)C)C(=O)O. The van der Waals surface area contributed by atoms with Crippen molar-refractivity contribution in [2.45, 2.75) is 60.3 Å². The Bertz CT molecular complexity index is 283. The summed E-state index contributed by atoms with van der Waals surface area (Å²) >= 11 is 0. The van der Waals surface area contributed by atoms with Gasteiger partial charge in [-0.1, -0.05) is 27.7 Å². The van der Waals surface area contributed by atoms with Crippen molar-refractivity contribution in [2.24, 2.45) is 17.3 Å². The predicted octanol–water partition coefficient (Wildman–Crippen LogP) is 3.49. The van der Waals surface area contributed by atoms with Crippen LogP contribution in [0.4, 0.5) is 0 Å². The topological polar surface area (TPSA) is 63.6 Å². The van der Waals surface area contributed by atoms with E-state index in [4.69, 9.17) is 4.74 Å². The first-order valence-corrected chi connectivity index (χ1v) is 7.16. The molecule has 112 valence electrons. The highest BCUT2D eigenvalue weighted by atomic mass is 16.5. The molecule has 0 rings (SSSR count). The molecule has 0 aliphatic heterocycles. The van der Waals surface area contributed by atoms with Crippen LogP contribution in [0, 0.1) is 17.3 Å². The number of rotatable bonds is 9. The molecule has 0 radical (unpaired) electrons. The first-order valence-electron chi connectivity index (χ1n) is 7.16. The van der Waals surface area contributed by atoms with Gasteiger partial charge in [0.05, 0.1) is 6.61 Å². The zero-order chi connectivity index (χ0) is 15.1. The molecule has 0 atom stereocenters. The highest BCUT2D eigenvalue weighted by molar-refractivity contribution is 5.99. The maximum absolute atomic E-state index is 12.1. The van der Waals surface area contributed by atoms with Gasteiger partial charge in [0.25, 0.3) is 0 Å². The van der Waals surface area contributed by atoms with E-state index in [1.165, 1.54) is 0 Å². The van der Waals surface area contributed by atoms with Crippen LogP contribution >= 0.6 is 0 Å². The van der Waals surface area contributed by atoms with Crippen molar-refractivity contribution in [3.63, 3.8) is 0 Å². The maximum atomic E-state index is 12.1. The Morgan fingerprint density at radius 1 is 1.05 bits per heavy atom. The molecular weight excluding hydrogens is 244 g/mol. The van der Waals surface area contributed by atoms with Crippen molar-refractivity contribution in [2.75, 3.05) is 6.61 Å². The van der Waals surface area contributed by atoms with Crippen molar-refractivity contribution >= 4 is 11.9 Å². The highest BCUT2D eigenvalue weighted by Gasteiger charge is 2.46. The van der Waals surface area contributed by atoms with Gasteiger partial charge in [-0.25, -0.2) is 0 Å². The summed E-state index contributed by atoms with van der Waals surface area (Å²) in [4.78, 5) is 23.8. The lowest BCUT2D eigenvalue weighted by Gasteiger charge is -2.28. The lowest BCUT2D eigenvalue weighted by atomic mass is 9.76. The van der Waals surface area contributed by atoms with Crippen LogP contribution in [0.1, 0.15) is 60.3 Å². The Labute approximate surface area is 116 Å². The quantitative estimate of drug-likeness (QED) is 0.515. The largest absolute Gasteiger partial charge is 0.480 e. The molecule has 4 heteroatoms. The molecule has 19 heavy (non-hydrogen) atoms. The molecule has 0 spiro atoms. The number of hydrogen-bond acceptors (Lipinski definition) is 3. The third kappa shape index (κ3) is 5.62. The third-order valence-corrected chi connectivity index (χ3v) is 3.37. The van der Waals surface area contributed by atoms with Crippen molar-refractivity contribution in [1.82, 2.24) is 0 Å². The minimum Gasteiger partial charge on any atom is -0.480 e. The number of aliphatic carboxylic acids is 1. The third-order valence-electron chi connectivity index (χ3n) is 3.37. The van der Waals surface area contributed by atoms with E-state index in [0.29, 0.717) is 37.5 Å². The number of hydrogen-bond donors (Lipinski definition) is 1. The number of esters is 1. The van der Waals surface area contributed by atoms with Crippen LogP contribution in [-0.2, 0) is 14.3 Å². The summed E-state index contributed by atoms with van der Waals surface area (Å²) in [5.74, 6) is -0.893. The van der Waals surface area contributed by atoms with E-state index in [-0.39, 0.29) is 6.61 Å². The summed E-state index contributed by atoms with van der Waals surface area (Å²) in [6.07, 6.45) is 2.13. The molecule has 0 bridgehead atoms. The monoisotopic (exact) mass is 272 g/mol. The zero-order valence-electron chi connectivity index (χ0n) is 12.9. The molecule has 1 N–H and O–H groups in total. The van der Waals surface area contributed by atoms with Gasteiger partial charge in [0.1, 0.15) is 0 Å². The molecule has 0 saturated heterocycles. The number of carboxylic acids is 1. The van der Waals surface area contributed by atoms with Crippen LogP contribution < -0.4 is 0 Å². The fourth-order valence-electron chi connectivity index (χ4n) is 1.97. The number of carbonyl (C=O) groups excluding carboxylic acids is 1. The Morgan fingerprint density at radius 2 is 1.47 bits per heavy atom. The fraction of sp³-hybridized carbons (Fsp3) is 0.867. The van der Waals surface area contributed by atoms with E-state index in [1.54, 1.807) is 6.92 Å². The number of carbonyl (C=O) groups is 2. The molecule has 0 aliphatic carbocycles. The minimum absolute atomic E-state index is 0.219. The maximum Gasteiger partial charge on any atom is 0.323 e. The molecule has 0 aromatic heterocycles. The predicted molar refractivity (Wildman–Crippen MR) is 74.8 cm³/mol. The van der Waals surface area contributed by atoms with Crippen LogP contribution in [0.3, 0.4) is 0 Å². The van der Waals surface area contributed by atoms with E-state index in [0.717, 1.165) is 0 Å². The molecule has 0 saturated carbocycles. The van der Waals surface area contributed by atoms with Gasteiger partial charge in [0.2, 0.25) is 0 Å². The summed E-state index contributed by atoms with van der Waals surface area (Å²) in [6.45, 7) is 10.0. The summed E-state index contributed by atoms with van der Waals surface area (Å²) in [6, 6.07) is 0. The summed E-state index contributed by atoms with van der Waals surface area (Å²) in [5, 5.41) is 9.55. The van der Waals surface area contributed by atoms with Gasteiger partial charge in [0.15, 0.2) is 5.41 Å². The Kier molecular flexibility index (Phi) is 7.72. The molecule has 0 unspecified atom stereocenters. The van der Waals surface area contributed by atoms with Crippen molar-refractivity contribution in [1.29, 1.82) is 0 Å². The highest BCUT2D eigenvalue weighted by Crippen LogP contribution is 2.35. The minimum atomic E-state index is -1.37. The van der Waals surface area contributed by atoms with Crippen LogP contribution in [0.25, 0.3) is 0 Å². The normalized spacial score (nSPS) is 11.9. The second-order valence-electron chi connectivity index (χ2n) is 5.97. The molecule has 0 heterocycles. The lowest BCUT2D eigenvalue weighted by Crippen LogP contribution is -2.41. The van der Waals surface area contributed by atoms with Gasteiger partial charge >= 0.3 is 11.9 Å². The number of carboxylic acid groups (broad SMARTS) is 1. The Balaban J connectivity index is 5.09. The van der Waals surface area contributed by atoms with Crippen molar-refractivity contribution in [3.8, 4) is 0 Å². The van der Waals surface area contributed by atoms with Gasteiger partial charge in [0, 0.05) is 0 Å². The van der Waals surface area contributed by atoms with Gasteiger partial charge in [-0.2, -0.15) is 0 Å². The van der Waals surface area contributed by atoms with E-state index in [1.807, 2.05) is 27.7 Å². The lowest BCUT2D eigenvalue weighted by molar-refractivity contribution is -0.170. The first-order chi connectivity index (χ1) is 8.76. The van der Waals surface area contributed by atoms with Gasteiger partial charge in [-0.05, 0) is 44.4 Å². The fourth-order valence-corrected chi connectivity index (χ4v) is 1.97. The summed E-state index contributed by atoms with van der Waals surface area (Å²) in [5.41, 5.74) is -1.37. The Morgan fingerprint density at radius 3 is 1.74 bits per heavy atom. The van der Waals surface area contributed by atoms with Crippen molar-refractivity contribution in [3.05, 3.63) is 0 Å². The van der Waals surface area contributed by atoms with Crippen LogP contribution in [-0.4, -0.2) is 23.7 Å². The molecule has 4 nitrogen and oxygen atoms in total. The second kappa shape index (κ2) is 8.18. The number of ether oxygens (including phenoxy) is 1. The zero-order valence-corrected chi connectivity index (χ0v) is 12.9. The molecule has 0 aromatic rings. The molecular formula is C15H28O4. The van der Waals surface area contributed by atoms with Gasteiger partial charge in [-0.3, -0.25) is 9.59 Å². The smallest absolute Gasteiger partial charge is 0.323 e. The Hall–Kier alpha value is -1.06. The molecule has 0 aliphatic rings.